The highest BCUT2D eigenvalue weighted by atomic mass is 28.4. The molecular formula is C24H48O2Si2. The van der Waals surface area contributed by atoms with Crippen LogP contribution in [0.4, 0.5) is 0 Å². The molecule has 0 aromatic rings. The summed E-state index contributed by atoms with van der Waals surface area (Å²) in [5.41, 5.74) is 0. The molecule has 0 radical (unpaired) electrons. The van der Waals surface area contributed by atoms with E-state index in [0.29, 0.717) is 0 Å². The third-order valence-electron chi connectivity index (χ3n) is 6.10. The second kappa shape index (κ2) is 11.1. The van der Waals surface area contributed by atoms with Crippen LogP contribution in [0.3, 0.4) is 0 Å². The molecule has 0 spiro atoms. The van der Waals surface area contributed by atoms with Crippen molar-refractivity contribution in [2.45, 2.75) is 117 Å². The normalized spacial score (nSPS) is 17.1. The van der Waals surface area contributed by atoms with Gasteiger partial charge >= 0.3 is 0 Å². The Morgan fingerprint density at radius 1 is 0.607 bits per heavy atom. The number of rotatable bonds is 10. The van der Waals surface area contributed by atoms with Gasteiger partial charge in [-0.15, -0.1) is 0 Å². The van der Waals surface area contributed by atoms with E-state index in [1.54, 1.807) is 0 Å². The second-order valence-electron chi connectivity index (χ2n) is 11.0. The van der Waals surface area contributed by atoms with Crippen LogP contribution in [0.25, 0.3) is 0 Å². The molecular weight excluding hydrogens is 376 g/mol. The van der Waals surface area contributed by atoms with Crippen molar-refractivity contribution in [3.8, 4) is 0 Å². The zero-order valence-corrected chi connectivity index (χ0v) is 22.8. The Bertz CT molecular complexity index is 484. The predicted molar refractivity (Wildman–Crippen MR) is 132 cm³/mol. The van der Waals surface area contributed by atoms with Crippen molar-refractivity contribution in [2.24, 2.45) is 0 Å². The lowest BCUT2D eigenvalue weighted by Gasteiger charge is -2.37. The van der Waals surface area contributed by atoms with E-state index in [1.165, 1.54) is 0 Å². The molecule has 2 atom stereocenters. The highest BCUT2D eigenvalue weighted by Gasteiger charge is 2.38. The van der Waals surface area contributed by atoms with Gasteiger partial charge in [0.1, 0.15) is 0 Å². The summed E-state index contributed by atoms with van der Waals surface area (Å²) in [7, 11) is -3.36. The maximum atomic E-state index is 6.34. The minimum Gasteiger partial charge on any atom is -0.411 e. The molecule has 4 heteroatoms. The lowest BCUT2D eigenvalue weighted by atomic mass is 10.2. The van der Waals surface area contributed by atoms with Crippen LogP contribution in [-0.2, 0) is 8.85 Å². The fourth-order valence-electron chi connectivity index (χ4n) is 2.25. The summed E-state index contributed by atoms with van der Waals surface area (Å²) in [6.07, 6.45) is 15.5. The molecule has 0 heterocycles. The Balaban J connectivity index is 4.26. The lowest BCUT2D eigenvalue weighted by molar-refractivity contribution is 0.243. The Morgan fingerprint density at radius 3 is 1.14 bits per heavy atom. The van der Waals surface area contributed by atoms with E-state index in [-0.39, 0.29) is 22.3 Å². The zero-order valence-electron chi connectivity index (χ0n) is 20.8. The third kappa shape index (κ3) is 10.4. The van der Waals surface area contributed by atoms with Crippen LogP contribution in [0, 0.1) is 0 Å². The van der Waals surface area contributed by atoms with Crippen molar-refractivity contribution in [2.75, 3.05) is 0 Å². The Labute approximate surface area is 178 Å². The van der Waals surface area contributed by atoms with Crippen LogP contribution < -0.4 is 0 Å². The van der Waals surface area contributed by atoms with Crippen LogP contribution >= 0.6 is 0 Å². The van der Waals surface area contributed by atoms with Gasteiger partial charge in [-0.1, -0.05) is 78.0 Å². The monoisotopic (exact) mass is 424 g/mol. The second-order valence-corrected chi connectivity index (χ2v) is 20.5. The SMILES string of the molecule is CC(/C=C\C/C=C\C/C=C\C(C)O[Si](C)(C)C(C)(C)C)O[Si](C)(C)C(C)(C)C. The van der Waals surface area contributed by atoms with Crippen molar-refractivity contribution in [1.82, 2.24) is 0 Å². The van der Waals surface area contributed by atoms with E-state index >= 15 is 0 Å². The standard InChI is InChI=1S/C24H48O2Si2/c1-21(25-27(9,10)23(3,4)5)19-17-15-13-14-16-18-20-22(2)26-28(11,12)24(6,7)8/h13-14,17-22H,15-16H2,1-12H3/b14-13-,19-17-,20-18-. The highest BCUT2D eigenvalue weighted by molar-refractivity contribution is 6.74. The molecule has 2 unspecified atom stereocenters. The first-order valence-corrected chi connectivity index (χ1v) is 16.7. The van der Waals surface area contributed by atoms with E-state index in [1.807, 2.05) is 0 Å². The fraction of sp³-hybridized carbons (Fsp3) is 0.750. The first kappa shape index (κ1) is 27.6. The molecule has 0 aliphatic heterocycles. The van der Waals surface area contributed by atoms with Gasteiger partial charge < -0.3 is 8.85 Å². The smallest absolute Gasteiger partial charge is 0.192 e. The Hall–Kier alpha value is -0.426. The maximum Gasteiger partial charge on any atom is 0.192 e. The number of hydrogen-bond donors (Lipinski definition) is 0. The summed E-state index contributed by atoms with van der Waals surface area (Å²) in [6, 6.07) is 0. The molecule has 0 aromatic heterocycles. The van der Waals surface area contributed by atoms with Gasteiger partial charge in [-0.2, -0.15) is 0 Å². The van der Waals surface area contributed by atoms with Crippen LogP contribution in [0.2, 0.25) is 36.3 Å². The summed E-state index contributed by atoms with van der Waals surface area (Å²) < 4.78 is 12.7. The van der Waals surface area contributed by atoms with Gasteiger partial charge in [0.25, 0.3) is 0 Å². The van der Waals surface area contributed by atoms with Crippen molar-refractivity contribution < 1.29 is 8.85 Å². The van der Waals surface area contributed by atoms with Crippen LogP contribution in [0.5, 0.6) is 0 Å². The van der Waals surface area contributed by atoms with E-state index < -0.39 is 16.6 Å². The summed E-state index contributed by atoms with van der Waals surface area (Å²) in [4.78, 5) is 0. The molecule has 0 saturated heterocycles. The van der Waals surface area contributed by atoms with Crippen molar-refractivity contribution in [3.63, 3.8) is 0 Å². The summed E-state index contributed by atoms with van der Waals surface area (Å²) in [5, 5.41) is 0.513. The van der Waals surface area contributed by atoms with Crippen LogP contribution in [0.15, 0.2) is 36.5 Å². The summed E-state index contributed by atoms with van der Waals surface area (Å²) >= 11 is 0. The Morgan fingerprint density at radius 2 is 0.893 bits per heavy atom. The van der Waals surface area contributed by atoms with Crippen molar-refractivity contribution in [3.05, 3.63) is 36.5 Å². The van der Waals surface area contributed by atoms with E-state index in [2.05, 4.69) is 118 Å². The maximum absolute atomic E-state index is 6.34. The number of hydrogen-bond acceptors (Lipinski definition) is 2. The van der Waals surface area contributed by atoms with Crippen LogP contribution in [-0.4, -0.2) is 28.8 Å². The summed E-state index contributed by atoms with van der Waals surface area (Å²) in [5.74, 6) is 0. The average Bonchev–Trinajstić information content (AvgIpc) is 2.46. The minimum absolute atomic E-state index is 0.183. The molecule has 0 aromatic carbocycles. The fourth-order valence-corrected chi connectivity index (χ4v) is 4.97. The first-order chi connectivity index (χ1) is 12.5. The number of allylic oxidation sites excluding steroid dienone is 4. The summed E-state index contributed by atoms with van der Waals surface area (Å²) in [6.45, 7) is 27.2. The van der Waals surface area contributed by atoms with Gasteiger partial charge in [0, 0.05) is 0 Å². The van der Waals surface area contributed by atoms with Gasteiger partial charge in [0.15, 0.2) is 16.6 Å². The molecule has 0 bridgehead atoms. The van der Waals surface area contributed by atoms with E-state index in [0.717, 1.165) is 12.8 Å². The molecule has 28 heavy (non-hydrogen) atoms. The first-order valence-electron chi connectivity index (χ1n) is 10.8. The van der Waals surface area contributed by atoms with Crippen LogP contribution in [0.1, 0.15) is 68.2 Å². The van der Waals surface area contributed by atoms with Crippen molar-refractivity contribution >= 4 is 16.6 Å². The average molecular weight is 425 g/mol. The molecule has 0 saturated carbocycles. The molecule has 164 valence electrons. The van der Waals surface area contributed by atoms with Gasteiger partial charge in [-0.05, 0) is 63.0 Å². The Kier molecular flexibility index (Phi) is 10.9. The molecule has 0 aliphatic carbocycles. The van der Waals surface area contributed by atoms with Gasteiger partial charge in [-0.25, -0.2) is 0 Å². The van der Waals surface area contributed by atoms with Gasteiger partial charge in [0.2, 0.25) is 0 Å². The van der Waals surface area contributed by atoms with E-state index in [9.17, 15) is 0 Å². The lowest BCUT2D eigenvalue weighted by Crippen LogP contribution is -2.42. The predicted octanol–water partition coefficient (Wildman–Crippen LogP) is 8.26. The quantitative estimate of drug-likeness (QED) is 0.259. The zero-order chi connectivity index (χ0) is 22.2. The topological polar surface area (TPSA) is 18.5 Å². The van der Waals surface area contributed by atoms with Gasteiger partial charge in [-0.3, -0.25) is 0 Å². The van der Waals surface area contributed by atoms with Gasteiger partial charge in [0.05, 0.1) is 12.2 Å². The molecule has 0 rings (SSSR count). The molecule has 0 fully saturated rings. The molecule has 2 nitrogen and oxygen atoms in total. The molecule has 0 N–H and O–H groups in total. The largest absolute Gasteiger partial charge is 0.411 e. The third-order valence-corrected chi connectivity index (χ3v) is 15.2. The van der Waals surface area contributed by atoms with Crippen molar-refractivity contribution in [1.29, 1.82) is 0 Å². The van der Waals surface area contributed by atoms with E-state index in [4.69, 9.17) is 8.85 Å². The molecule has 0 amide bonds. The minimum atomic E-state index is -1.68. The highest BCUT2D eigenvalue weighted by Crippen LogP contribution is 2.38. The molecule has 0 aliphatic rings.